The fourth-order valence-electron chi connectivity index (χ4n) is 0.453. The van der Waals surface area contributed by atoms with Gasteiger partial charge in [0.25, 0.3) is 0 Å². The Kier molecular flexibility index (Phi) is 5.33. The van der Waals surface area contributed by atoms with E-state index in [1.54, 1.807) is 0 Å². The van der Waals surface area contributed by atoms with E-state index in [1.807, 2.05) is 22.9 Å². The molecule has 0 aromatic heterocycles. The van der Waals surface area contributed by atoms with Crippen LogP contribution in [0.15, 0.2) is 0 Å². The van der Waals surface area contributed by atoms with Crippen LogP contribution in [0.25, 0.3) is 0 Å². The van der Waals surface area contributed by atoms with Crippen LogP contribution in [-0.2, 0) is 0 Å². The van der Waals surface area contributed by atoms with Crippen LogP contribution in [0.2, 0.25) is 0 Å². The lowest BCUT2D eigenvalue weighted by Crippen LogP contribution is -2.21. The van der Waals surface area contributed by atoms with Crippen LogP contribution in [0.4, 0.5) is 9.18 Å². The van der Waals surface area contributed by atoms with Gasteiger partial charge in [-0.25, -0.2) is 9.10 Å². The molecule has 0 atom stereocenters. The summed E-state index contributed by atoms with van der Waals surface area (Å²) >= 11 is 0.988. The molecular formula is C5H11FN2OS. The first kappa shape index (κ1) is 9.71. The maximum absolute atomic E-state index is 11.5. The number of nitrogens with one attached hydrogen (secondary N) is 1. The van der Waals surface area contributed by atoms with Gasteiger partial charge in [-0.2, -0.15) is 0 Å². The van der Waals surface area contributed by atoms with E-state index in [2.05, 4.69) is 0 Å². The molecule has 0 aliphatic rings. The van der Waals surface area contributed by atoms with Crippen LogP contribution in [-0.4, -0.2) is 23.6 Å². The van der Waals surface area contributed by atoms with Gasteiger partial charge in [-0.05, 0) is 0 Å². The van der Waals surface area contributed by atoms with E-state index < -0.39 is 6.16 Å². The van der Waals surface area contributed by atoms with Crippen molar-refractivity contribution in [1.82, 2.24) is 9.03 Å². The minimum absolute atomic E-state index is 0.779. The van der Waals surface area contributed by atoms with Crippen molar-refractivity contribution in [2.75, 3.05) is 13.1 Å². The molecule has 10 heavy (non-hydrogen) atoms. The second kappa shape index (κ2) is 5.49. The van der Waals surface area contributed by atoms with Gasteiger partial charge in [0.1, 0.15) is 0 Å². The number of amides is 1. The Bertz CT molecular complexity index is 108. The van der Waals surface area contributed by atoms with Crippen molar-refractivity contribution in [2.45, 2.75) is 13.8 Å². The molecule has 0 radical (unpaired) electrons. The fourth-order valence-corrected chi connectivity index (χ4v) is 0.912. The molecular weight excluding hydrogens is 155 g/mol. The lowest BCUT2D eigenvalue weighted by atomic mass is 10.7. The zero-order chi connectivity index (χ0) is 7.98. The highest BCUT2D eigenvalue weighted by molar-refractivity contribution is 7.95. The summed E-state index contributed by atoms with van der Waals surface area (Å²) in [5, 5.41) is 0. The van der Waals surface area contributed by atoms with Crippen LogP contribution in [0.3, 0.4) is 0 Å². The number of nitrogens with zero attached hydrogens (tertiary/aromatic N) is 1. The molecule has 0 bridgehead atoms. The number of carbonyl (C=O) groups is 1. The van der Waals surface area contributed by atoms with Crippen molar-refractivity contribution >= 4 is 18.3 Å². The molecule has 60 valence electrons. The molecule has 0 aliphatic carbocycles. The first-order chi connectivity index (χ1) is 4.70. The number of hydrogen-bond donors (Lipinski definition) is 1. The van der Waals surface area contributed by atoms with Crippen molar-refractivity contribution in [3.63, 3.8) is 0 Å². The second-order valence-electron chi connectivity index (χ2n) is 1.58. The van der Waals surface area contributed by atoms with Gasteiger partial charge in [-0.3, -0.25) is 4.72 Å². The van der Waals surface area contributed by atoms with Crippen molar-refractivity contribution < 1.29 is 9.18 Å². The normalized spacial score (nSPS) is 10.0. The summed E-state index contributed by atoms with van der Waals surface area (Å²) in [6.07, 6.45) is -1.50. The molecule has 0 rings (SSSR count). The Labute approximate surface area is 64.2 Å². The minimum atomic E-state index is -1.50. The van der Waals surface area contributed by atoms with Crippen LogP contribution >= 0.6 is 12.1 Å². The van der Waals surface area contributed by atoms with Gasteiger partial charge >= 0.3 is 6.16 Å². The molecule has 0 aliphatic heterocycles. The lowest BCUT2D eigenvalue weighted by molar-refractivity contribution is 0.228. The summed E-state index contributed by atoms with van der Waals surface area (Å²) in [7, 11) is 0. The predicted molar refractivity (Wildman–Crippen MR) is 40.2 cm³/mol. The molecule has 0 spiro atoms. The van der Waals surface area contributed by atoms with Crippen molar-refractivity contribution in [3.8, 4) is 0 Å². The SMILES string of the molecule is CCN(CC)SNC(=O)F. The Morgan fingerprint density at radius 1 is 1.60 bits per heavy atom. The molecule has 1 amide bonds. The van der Waals surface area contributed by atoms with Crippen LogP contribution in [0.1, 0.15) is 13.8 Å². The van der Waals surface area contributed by atoms with Crippen LogP contribution < -0.4 is 4.72 Å². The average Bonchev–Trinajstić information content (AvgIpc) is 1.90. The summed E-state index contributed by atoms with van der Waals surface area (Å²) in [5.41, 5.74) is 0. The van der Waals surface area contributed by atoms with Crippen molar-refractivity contribution in [2.24, 2.45) is 0 Å². The Hall–Kier alpha value is -0.290. The van der Waals surface area contributed by atoms with E-state index >= 15 is 0 Å². The topological polar surface area (TPSA) is 32.3 Å². The first-order valence-electron chi connectivity index (χ1n) is 3.08. The van der Waals surface area contributed by atoms with E-state index in [1.165, 1.54) is 0 Å². The summed E-state index contributed by atoms with van der Waals surface area (Å²) in [6, 6.07) is 0. The summed E-state index contributed by atoms with van der Waals surface area (Å²) in [6.45, 7) is 5.42. The number of rotatable bonds is 4. The van der Waals surface area contributed by atoms with Crippen LogP contribution in [0, 0.1) is 0 Å². The standard InChI is InChI=1S/C5H11FN2OS/c1-3-8(4-2)10-7-5(6)9/h3-4H2,1-2H3,(H,7,9). The maximum Gasteiger partial charge on any atom is 0.408 e. The zero-order valence-corrected chi connectivity index (χ0v) is 6.87. The van der Waals surface area contributed by atoms with Crippen molar-refractivity contribution in [1.29, 1.82) is 0 Å². The average molecular weight is 166 g/mol. The van der Waals surface area contributed by atoms with E-state index in [4.69, 9.17) is 0 Å². The van der Waals surface area contributed by atoms with Gasteiger partial charge in [-0.1, -0.05) is 13.8 Å². The monoisotopic (exact) mass is 166 g/mol. The second-order valence-corrected chi connectivity index (χ2v) is 2.48. The number of hydrogen-bond acceptors (Lipinski definition) is 3. The quantitative estimate of drug-likeness (QED) is 0.391. The van der Waals surface area contributed by atoms with Gasteiger partial charge in [0.15, 0.2) is 0 Å². The summed E-state index contributed by atoms with van der Waals surface area (Å²) in [5.74, 6) is 0. The number of carbonyl (C=O) groups excluding carboxylic acids is 1. The highest BCUT2D eigenvalue weighted by atomic mass is 32.2. The molecule has 0 saturated carbocycles. The molecule has 0 heterocycles. The molecule has 0 aromatic carbocycles. The van der Waals surface area contributed by atoms with Gasteiger partial charge in [-0.15, -0.1) is 4.39 Å². The maximum atomic E-state index is 11.5. The number of halogens is 1. The van der Waals surface area contributed by atoms with E-state index in [-0.39, 0.29) is 0 Å². The Balaban J connectivity index is 3.34. The third kappa shape index (κ3) is 4.58. The minimum Gasteiger partial charge on any atom is -0.258 e. The third-order valence-electron chi connectivity index (χ3n) is 0.960. The van der Waals surface area contributed by atoms with Gasteiger partial charge in [0.05, 0.1) is 0 Å². The lowest BCUT2D eigenvalue weighted by Gasteiger charge is -2.14. The Morgan fingerprint density at radius 3 is 2.40 bits per heavy atom. The molecule has 5 heteroatoms. The van der Waals surface area contributed by atoms with Gasteiger partial charge in [0.2, 0.25) is 0 Å². The largest absolute Gasteiger partial charge is 0.408 e. The third-order valence-corrected chi connectivity index (χ3v) is 1.99. The fraction of sp³-hybridized carbons (Fsp3) is 0.800. The van der Waals surface area contributed by atoms with Gasteiger partial charge < -0.3 is 0 Å². The predicted octanol–water partition coefficient (Wildman–Crippen LogP) is 1.57. The van der Waals surface area contributed by atoms with Crippen LogP contribution in [0.5, 0.6) is 0 Å². The summed E-state index contributed by atoms with van der Waals surface area (Å²) in [4.78, 5) is 9.75. The first-order valence-corrected chi connectivity index (χ1v) is 3.85. The Morgan fingerprint density at radius 2 is 2.10 bits per heavy atom. The van der Waals surface area contributed by atoms with Gasteiger partial charge in [0, 0.05) is 25.2 Å². The van der Waals surface area contributed by atoms with E-state index in [0.717, 1.165) is 25.2 Å². The highest BCUT2D eigenvalue weighted by Gasteiger charge is 2.01. The zero-order valence-electron chi connectivity index (χ0n) is 6.06. The molecule has 0 saturated heterocycles. The smallest absolute Gasteiger partial charge is 0.258 e. The van der Waals surface area contributed by atoms with Crippen molar-refractivity contribution in [3.05, 3.63) is 0 Å². The summed E-state index contributed by atoms with van der Waals surface area (Å²) < 4.78 is 15.3. The van der Waals surface area contributed by atoms with E-state index in [9.17, 15) is 9.18 Å². The molecule has 1 N–H and O–H groups in total. The molecule has 0 unspecified atom stereocenters. The molecule has 3 nitrogen and oxygen atoms in total. The highest BCUT2D eigenvalue weighted by Crippen LogP contribution is 2.02. The molecule has 0 fully saturated rings. The molecule has 0 aromatic rings. The van der Waals surface area contributed by atoms with E-state index in [0.29, 0.717) is 0 Å².